The molecule has 3 fully saturated rings. The van der Waals surface area contributed by atoms with Crippen molar-refractivity contribution >= 4 is 5.97 Å². The summed E-state index contributed by atoms with van der Waals surface area (Å²) in [5.74, 6) is 0.412. The fraction of sp³-hybridized carbons (Fsp3) is 0.435. The molecule has 1 spiro atoms. The fourth-order valence-electron chi connectivity index (χ4n) is 5.93. The van der Waals surface area contributed by atoms with Crippen LogP contribution in [0.2, 0.25) is 0 Å². The van der Waals surface area contributed by atoms with Gasteiger partial charge in [0, 0.05) is 36.8 Å². The van der Waals surface area contributed by atoms with Gasteiger partial charge >= 0.3 is 5.97 Å². The molecule has 2 unspecified atom stereocenters. The maximum atomic E-state index is 13.4. The molecule has 6 rings (SSSR count). The second-order valence-corrected chi connectivity index (χ2v) is 8.74. The van der Waals surface area contributed by atoms with Crippen LogP contribution in [0.4, 0.5) is 0 Å². The van der Waals surface area contributed by atoms with Crippen LogP contribution < -0.4 is 21.7 Å². The summed E-state index contributed by atoms with van der Waals surface area (Å²) in [6.45, 7) is 2.58. The first-order valence-electron chi connectivity index (χ1n) is 10.3. The standard InChI is InChI=1S/C23H24NO4.BrH/c25-22(27-17-13-15-9-10-16(14-17)24(15)11-12-24)23(26)18-5-1-3-7-20(18)28-21-8-4-2-6-19(21)23;/h1-8,15-17,26H,9-14H2;1H/q+1;/p-1. The summed E-state index contributed by atoms with van der Waals surface area (Å²) in [6, 6.07) is 15.6. The van der Waals surface area contributed by atoms with Crippen molar-refractivity contribution in [2.24, 2.45) is 0 Å². The number of carbonyl (C=O) groups excluding carboxylic acids is 1. The summed E-state index contributed by atoms with van der Waals surface area (Å²) in [6.07, 6.45) is 4.20. The Kier molecular flexibility index (Phi) is 4.32. The molecular weight excluding hydrogens is 434 g/mol. The molecular formula is C23H24BrNO4. The molecule has 0 aromatic heterocycles. The molecule has 0 amide bonds. The first kappa shape index (κ1) is 19.1. The minimum absolute atomic E-state index is 0. The Hall–Kier alpha value is -1.89. The van der Waals surface area contributed by atoms with Crippen LogP contribution in [0, 0.1) is 0 Å². The van der Waals surface area contributed by atoms with Crippen molar-refractivity contribution < 1.29 is 40.8 Å². The number of nitrogens with zero attached hydrogens (tertiary/aromatic N) is 1. The summed E-state index contributed by atoms with van der Waals surface area (Å²) in [5, 5.41) is 11.7. The Bertz CT molecular complexity index is 911. The highest BCUT2D eigenvalue weighted by Crippen LogP contribution is 2.51. The number of piperidine rings is 1. The first-order valence-corrected chi connectivity index (χ1v) is 10.3. The van der Waals surface area contributed by atoms with Gasteiger partial charge < -0.3 is 36.0 Å². The molecule has 0 aliphatic carbocycles. The van der Waals surface area contributed by atoms with Crippen molar-refractivity contribution in [3.8, 4) is 11.5 Å². The number of rotatable bonds is 2. The van der Waals surface area contributed by atoms with E-state index in [1.54, 1.807) is 24.3 Å². The summed E-state index contributed by atoms with van der Waals surface area (Å²) >= 11 is 0. The number of esters is 1. The number of aliphatic hydroxyl groups is 1. The summed E-state index contributed by atoms with van der Waals surface area (Å²) in [5.41, 5.74) is -0.938. The molecule has 29 heavy (non-hydrogen) atoms. The second-order valence-electron chi connectivity index (χ2n) is 8.74. The Morgan fingerprint density at radius 3 is 2.00 bits per heavy atom. The van der Waals surface area contributed by atoms with Crippen molar-refractivity contribution in [3.05, 3.63) is 59.7 Å². The summed E-state index contributed by atoms with van der Waals surface area (Å²) < 4.78 is 13.2. The van der Waals surface area contributed by atoms with Gasteiger partial charge in [-0.15, -0.1) is 0 Å². The zero-order valence-electron chi connectivity index (χ0n) is 16.1. The fourth-order valence-corrected chi connectivity index (χ4v) is 5.93. The monoisotopic (exact) mass is 457 g/mol. The van der Waals surface area contributed by atoms with Crippen molar-refractivity contribution in [1.82, 2.24) is 0 Å². The van der Waals surface area contributed by atoms with E-state index in [4.69, 9.17) is 9.47 Å². The number of hydrogen-bond donors (Lipinski definition) is 1. The minimum Gasteiger partial charge on any atom is -1.00 e. The lowest BCUT2D eigenvalue weighted by atomic mass is 9.83. The molecule has 0 saturated carbocycles. The lowest BCUT2D eigenvalue weighted by molar-refractivity contribution is -0.846. The zero-order valence-corrected chi connectivity index (χ0v) is 17.7. The Morgan fingerprint density at radius 1 is 0.966 bits per heavy atom. The topological polar surface area (TPSA) is 55.8 Å². The van der Waals surface area contributed by atoms with Gasteiger partial charge in [-0.3, -0.25) is 0 Å². The van der Waals surface area contributed by atoms with Gasteiger partial charge in [0.1, 0.15) is 30.7 Å². The maximum Gasteiger partial charge on any atom is 0.348 e. The number of para-hydroxylation sites is 2. The van der Waals surface area contributed by atoms with Crippen LogP contribution >= 0.6 is 0 Å². The number of benzene rings is 2. The molecule has 1 N–H and O–H groups in total. The zero-order chi connectivity index (χ0) is 18.9. The van der Waals surface area contributed by atoms with Gasteiger partial charge in [-0.05, 0) is 12.1 Å². The van der Waals surface area contributed by atoms with E-state index in [0.717, 1.165) is 12.8 Å². The molecule has 4 heterocycles. The van der Waals surface area contributed by atoms with E-state index in [0.29, 0.717) is 34.7 Å². The minimum atomic E-state index is -1.84. The van der Waals surface area contributed by atoms with Crippen molar-refractivity contribution in [2.75, 3.05) is 13.1 Å². The number of fused-ring (bicyclic) bond motifs is 2. The number of halogens is 1. The average Bonchev–Trinajstić information content (AvgIpc) is 3.46. The number of hydrogen-bond acceptors (Lipinski definition) is 4. The smallest absolute Gasteiger partial charge is 0.348 e. The highest BCUT2D eigenvalue weighted by molar-refractivity contribution is 5.88. The van der Waals surface area contributed by atoms with E-state index in [1.807, 2.05) is 24.3 Å². The molecule has 0 radical (unpaired) electrons. The molecule has 6 heteroatoms. The molecule has 5 nitrogen and oxygen atoms in total. The molecule has 152 valence electrons. The third-order valence-electron chi connectivity index (χ3n) is 7.44. The van der Waals surface area contributed by atoms with Crippen LogP contribution in [0.25, 0.3) is 0 Å². The molecule has 2 atom stereocenters. The van der Waals surface area contributed by atoms with Crippen LogP contribution in [0.15, 0.2) is 48.5 Å². The van der Waals surface area contributed by atoms with E-state index in [-0.39, 0.29) is 23.1 Å². The van der Waals surface area contributed by atoms with Gasteiger partial charge in [0.25, 0.3) is 0 Å². The van der Waals surface area contributed by atoms with Crippen molar-refractivity contribution in [3.63, 3.8) is 0 Å². The van der Waals surface area contributed by atoms with Gasteiger partial charge in [0.2, 0.25) is 5.60 Å². The lowest BCUT2D eigenvalue weighted by Crippen LogP contribution is -3.00. The quantitative estimate of drug-likeness (QED) is 0.394. The van der Waals surface area contributed by atoms with Crippen LogP contribution in [-0.2, 0) is 15.1 Å². The molecule has 2 aromatic carbocycles. The van der Waals surface area contributed by atoms with Crippen LogP contribution in [0.5, 0.6) is 11.5 Å². The van der Waals surface area contributed by atoms with Crippen LogP contribution in [0.3, 0.4) is 0 Å². The van der Waals surface area contributed by atoms with Gasteiger partial charge in [-0.2, -0.15) is 0 Å². The number of carbonyl (C=O) groups is 1. The van der Waals surface area contributed by atoms with Gasteiger partial charge in [-0.1, -0.05) is 36.4 Å². The maximum absolute atomic E-state index is 13.4. The first-order chi connectivity index (χ1) is 13.6. The Morgan fingerprint density at radius 2 is 1.48 bits per heavy atom. The number of quaternary nitrogens is 1. The third kappa shape index (κ3) is 2.62. The normalized spacial score (nSPS) is 29.1. The van der Waals surface area contributed by atoms with E-state index in [1.165, 1.54) is 30.4 Å². The predicted octanol–water partition coefficient (Wildman–Crippen LogP) is 0.0992. The predicted molar refractivity (Wildman–Crippen MR) is 102 cm³/mol. The molecule has 4 aliphatic rings. The van der Waals surface area contributed by atoms with E-state index in [9.17, 15) is 9.90 Å². The van der Waals surface area contributed by atoms with Crippen LogP contribution in [0.1, 0.15) is 36.8 Å². The number of ether oxygens (including phenoxy) is 2. The molecule has 4 aliphatic heterocycles. The lowest BCUT2D eigenvalue weighted by Gasteiger charge is -2.39. The van der Waals surface area contributed by atoms with Gasteiger partial charge in [-0.25, -0.2) is 4.79 Å². The van der Waals surface area contributed by atoms with Crippen molar-refractivity contribution in [2.45, 2.75) is 49.5 Å². The van der Waals surface area contributed by atoms with E-state index < -0.39 is 11.6 Å². The molecule has 3 saturated heterocycles. The average molecular weight is 458 g/mol. The second kappa shape index (κ2) is 6.56. The highest BCUT2D eigenvalue weighted by Gasteiger charge is 2.62. The SMILES string of the molecule is O=C(OC1CC2CCC(C1)[N+]21CC1)C1(O)c2ccccc2Oc2ccccc21.[Br-]. The Balaban J connectivity index is 0.00000181. The largest absolute Gasteiger partial charge is 1.00 e. The summed E-state index contributed by atoms with van der Waals surface area (Å²) in [4.78, 5) is 13.4. The third-order valence-corrected chi connectivity index (χ3v) is 7.44. The molecule has 2 bridgehead atoms. The van der Waals surface area contributed by atoms with E-state index >= 15 is 0 Å². The molecule has 2 aromatic rings. The van der Waals surface area contributed by atoms with Crippen molar-refractivity contribution in [1.29, 1.82) is 0 Å². The highest BCUT2D eigenvalue weighted by atomic mass is 79.9. The van der Waals surface area contributed by atoms with Gasteiger partial charge in [0.15, 0.2) is 0 Å². The summed E-state index contributed by atoms with van der Waals surface area (Å²) in [7, 11) is 0. The van der Waals surface area contributed by atoms with Crippen LogP contribution in [-0.4, -0.2) is 46.8 Å². The van der Waals surface area contributed by atoms with Gasteiger partial charge in [0.05, 0.1) is 12.1 Å². The Labute approximate surface area is 180 Å². The van der Waals surface area contributed by atoms with E-state index in [2.05, 4.69) is 0 Å².